The molecule has 2 aromatic rings. The van der Waals surface area contributed by atoms with E-state index in [1.54, 1.807) is 30.0 Å². The van der Waals surface area contributed by atoms with Gasteiger partial charge < -0.3 is 14.8 Å². The average molecular weight is 499 g/mol. The first-order valence-corrected chi connectivity index (χ1v) is 13.7. The van der Waals surface area contributed by atoms with E-state index in [0.717, 1.165) is 28.3 Å². The molecule has 0 spiro atoms. The smallest absolute Gasteiger partial charge is 0.232 e. The molecule has 0 saturated heterocycles. The second kappa shape index (κ2) is 11.7. The standard InChI is InChI=1S/C22H27ClN2O5S2/c1-32(27,28)25(18-8-9-20-21(15-18)30-13-12-29-20)11-4-7-22(26)24-10-14-31-16-17-5-2-3-6-19(17)23/h2-3,5-6,8-9,15H,4,7,10-14,16H2,1H3,(H,24,26). The second-order valence-electron chi connectivity index (χ2n) is 7.26. The number of rotatable bonds is 11. The number of benzene rings is 2. The van der Waals surface area contributed by atoms with Gasteiger partial charge >= 0.3 is 0 Å². The van der Waals surface area contributed by atoms with Crippen molar-refractivity contribution < 1.29 is 22.7 Å². The van der Waals surface area contributed by atoms with Crippen molar-refractivity contribution in [2.24, 2.45) is 0 Å². The normalized spacial score (nSPS) is 12.9. The lowest BCUT2D eigenvalue weighted by molar-refractivity contribution is -0.121. The molecule has 0 aliphatic carbocycles. The zero-order valence-corrected chi connectivity index (χ0v) is 20.3. The number of nitrogens with one attached hydrogen (secondary N) is 1. The van der Waals surface area contributed by atoms with E-state index in [1.165, 1.54) is 4.31 Å². The Hall–Kier alpha value is -2.10. The Labute approximate surface area is 198 Å². The molecule has 1 N–H and O–H groups in total. The number of carbonyl (C=O) groups is 1. The summed E-state index contributed by atoms with van der Waals surface area (Å²) in [4.78, 5) is 12.1. The van der Waals surface area contributed by atoms with Crippen LogP contribution in [0.4, 0.5) is 5.69 Å². The third kappa shape index (κ3) is 7.21. The predicted octanol–water partition coefficient (Wildman–Crippen LogP) is 3.71. The number of hydrogen-bond donors (Lipinski definition) is 1. The number of hydrogen-bond acceptors (Lipinski definition) is 6. The lowest BCUT2D eigenvalue weighted by Gasteiger charge is -2.25. The summed E-state index contributed by atoms with van der Waals surface area (Å²) in [6, 6.07) is 12.8. The van der Waals surface area contributed by atoms with Crippen molar-refractivity contribution in [2.75, 3.05) is 42.6 Å². The van der Waals surface area contributed by atoms with Crippen LogP contribution in [-0.4, -0.2) is 52.6 Å². The maximum absolute atomic E-state index is 12.3. The summed E-state index contributed by atoms with van der Waals surface area (Å²) in [5.41, 5.74) is 1.57. The zero-order valence-electron chi connectivity index (χ0n) is 17.9. The van der Waals surface area contributed by atoms with Crippen molar-refractivity contribution in [3.8, 4) is 11.5 Å². The van der Waals surface area contributed by atoms with Crippen molar-refractivity contribution in [2.45, 2.75) is 18.6 Å². The van der Waals surface area contributed by atoms with Crippen molar-refractivity contribution in [3.63, 3.8) is 0 Å². The molecule has 1 amide bonds. The minimum Gasteiger partial charge on any atom is -0.486 e. The van der Waals surface area contributed by atoms with Crippen LogP contribution in [0.5, 0.6) is 11.5 Å². The lowest BCUT2D eigenvalue weighted by Crippen LogP contribution is -2.32. The van der Waals surface area contributed by atoms with Crippen LogP contribution < -0.4 is 19.1 Å². The molecule has 0 bridgehead atoms. The number of halogens is 1. The summed E-state index contributed by atoms with van der Waals surface area (Å²) >= 11 is 7.83. The number of anilines is 1. The van der Waals surface area contributed by atoms with E-state index < -0.39 is 10.0 Å². The van der Waals surface area contributed by atoms with Gasteiger partial charge in [-0.15, -0.1) is 0 Å². The van der Waals surface area contributed by atoms with Crippen LogP contribution in [0.15, 0.2) is 42.5 Å². The molecular weight excluding hydrogens is 472 g/mol. The summed E-state index contributed by atoms with van der Waals surface area (Å²) in [5, 5.41) is 3.63. The number of nitrogens with zero attached hydrogens (tertiary/aromatic N) is 1. The number of ether oxygens (including phenoxy) is 2. The number of fused-ring (bicyclic) bond motifs is 1. The summed E-state index contributed by atoms with van der Waals surface area (Å²) in [5.74, 6) is 2.58. The minimum atomic E-state index is -3.51. The minimum absolute atomic E-state index is 0.0982. The van der Waals surface area contributed by atoms with E-state index in [1.807, 2.05) is 24.3 Å². The Morgan fingerprint density at radius 3 is 2.66 bits per heavy atom. The molecule has 1 aliphatic heterocycles. The fourth-order valence-electron chi connectivity index (χ4n) is 3.21. The molecule has 32 heavy (non-hydrogen) atoms. The molecule has 0 fully saturated rings. The molecule has 174 valence electrons. The van der Waals surface area contributed by atoms with E-state index in [-0.39, 0.29) is 18.9 Å². The van der Waals surface area contributed by atoms with E-state index in [9.17, 15) is 13.2 Å². The summed E-state index contributed by atoms with van der Waals surface area (Å²) in [6.45, 7) is 1.64. The number of thioether (sulfide) groups is 1. The van der Waals surface area contributed by atoms with Gasteiger partial charge in [0.05, 0.1) is 11.9 Å². The summed E-state index contributed by atoms with van der Waals surface area (Å²) < 4.78 is 36.9. The monoisotopic (exact) mass is 498 g/mol. The third-order valence-electron chi connectivity index (χ3n) is 4.76. The van der Waals surface area contributed by atoms with E-state index in [4.69, 9.17) is 21.1 Å². The highest BCUT2D eigenvalue weighted by atomic mass is 35.5. The Bertz CT molecular complexity index is 1030. The van der Waals surface area contributed by atoms with Crippen LogP contribution in [0.3, 0.4) is 0 Å². The second-order valence-corrected chi connectivity index (χ2v) is 10.7. The Morgan fingerprint density at radius 2 is 1.91 bits per heavy atom. The quantitative estimate of drug-likeness (QED) is 0.475. The molecule has 1 aliphatic rings. The van der Waals surface area contributed by atoms with Crippen LogP contribution in [-0.2, 0) is 20.6 Å². The zero-order chi connectivity index (χ0) is 23.0. The SMILES string of the molecule is CS(=O)(=O)N(CCCC(=O)NCCSCc1ccccc1Cl)c1ccc2c(c1)OCCO2. The average Bonchev–Trinajstić information content (AvgIpc) is 2.76. The van der Waals surface area contributed by atoms with Crippen LogP contribution in [0.25, 0.3) is 0 Å². The van der Waals surface area contributed by atoms with Crippen LogP contribution >= 0.6 is 23.4 Å². The highest BCUT2D eigenvalue weighted by molar-refractivity contribution is 7.98. The molecule has 2 aromatic carbocycles. The predicted molar refractivity (Wildman–Crippen MR) is 129 cm³/mol. The Morgan fingerprint density at radius 1 is 1.16 bits per heavy atom. The first kappa shape index (κ1) is 24.5. The number of carbonyl (C=O) groups excluding carboxylic acids is 1. The Kier molecular flexibility index (Phi) is 8.95. The topological polar surface area (TPSA) is 84.9 Å². The Balaban J connectivity index is 1.42. The lowest BCUT2D eigenvalue weighted by atomic mass is 10.2. The maximum atomic E-state index is 12.3. The molecule has 1 heterocycles. The van der Waals surface area contributed by atoms with Crippen LogP contribution in [0.2, 0.25) is 5.02 Å². The first-order valence-electron chi connectivity index (χ1n) is 10.3. The molecule has 0 radical (unpaired) electrons. The maximum Gasteiger partial charge on any atom is 0.232 e. The molecule has 7 nitrogen and oxygen atoms in total. The molecule has 0 saturated carbocycles. The number of sulfonamides is 1. The van der Waals surface area contributed by atoms with Crippen molar-refractivity contribution in [1.29, 1.82) is 0 Å². The highest BCUT2D eigenvalue weighted by Gasteiger charge is 2.21. The molecule has 0 aromatic heterocycles. The molecule has 0 unspecified atom stereocenters. The van der Waals surface area contributed by atoms with Gasteiger partial charge in [0.15, 0.2) is 11.5 Å². The largest absolute Gasteiger partial charge is 0.486 e. The van der Waals surface area contributed by atoms with Crippen molar-refractivity contribution >= 4 is 45.0 Å². The van der Waals surface area contributed by atoms with Gasteiger partial charge in [-0.05, 0) is 30.2 Å². The fraction of sp³-hybridized carbons (Fsp3) is 0.409. The van der Waals surface area contributed by atoms with Gasteiger partial charge in [0, 0.05) is 42.1 Å². The van der Waals surface area contributed by atoms with Gasteiger partial charge in [0.2, 0.25) is 15.9 Å². The van der Waals surface area contributed by atoms with E-state index in [2.05, 4.69) is 5.32 Å². The van der Waals surface area contributed by atoms with Gasteiger partial charge in [-0.25, -0.2) is 8.42 Å². The van der Waals surface area contributed by atoms with E-state index in [0.29, 0.717) is 43.4 Å². The molecule has 0 atom stereocenters. The molecular formula is C22H27ClN2O5S2. The fourth-order valence-corrected chi connectivity index (χ4v) is 5.31. The highest BCUT2D eigenvalue weighted by Crippen LogP contribution is 2.34. The van der Waals surface area contributed by atoms with Crippen LogP contribution in [0.1, 0.15) is 18.4 Å². The molecule has 10 heteroatoms. The third-order valence-corrected chi connectivity index (χ3v) is 7.33. The van der Waals surface area contributed by atoms with Gasteiger partial charge in [0.25, 0.3) is 0 Å². The molecule has 3 rings (SSSR count). The van der Waals surface area contributed by atoms with Gasteiger partial charge in [-0.3, -0.25) is 9.10 Å². The van der Waals surface area contributed by atoms with Crippen LogP contribution in [0, 0.1) is 0 Å². The van der Waals surface area contributed by atoms with Gasteiger partial charge in [0.1, 0.15) is 13.2 Å². The number of amides is 1. The van der Waals surface area contributed by atoms with Crippen molar-refractivity contribution in [1.82, 2.24) is 5.32 Å². The van der Waals surface area contributed by atoms with Gasteiger partial charge in [-0.1, -0.05) is 29.8 Å². The summed E-state index contributed by atoms with van der Waals surface area (Å²) in [7, 11) is -3.51. The van der Waals surface area contributed by atoms with Crippen molar-refractivity contribution in [3.05, 3.63) is 53.1 Å². The first-order chi connectivity index (χ1) is 15.3. The van der Waals surface area contributed by atoms with Gasteiger partial charge in [-0.2, -0.15) is 11.8 Å². The summed E-state index contributed by atoms with van der Waals surface area (Å²) in [6.07, 6.45) is 1.80. The van der Waals surface area contributed by atoms with E-state index >= 15 is 0 Å².